The lowest BCUT2D eigenvalue weighted by Gasteiger charge is -1.92. The van der Waals surface area contributed by atoms with Gasteiger partial charge >= 0.3 is 10.4 Å². The van der Waals surface area contributed by atoms with Gasteiger partial charge in [0, 0.05) is 0 Å². The average Bonchev–Trinajstić information content (AvgIpc) is 2.00. The predicted molar refractivity (Wildman–Crippen MR) is 47.2 cm³/mol. The van der Waals surface area contributed by atoms with E-state index < -0.39 is 16.3 Å². The van der Waals surface area contributed by atoms with E-state index in [4.69, 9.17) is 4.55 Å². The number of hydrogen-bond acceptors (Lipinski definition) is 4. The molecule has 0 aliphatic carbocycles. The molecule has 0 heterocycles. The summed E-state index contributed by atoms with van der Waals surface area (Å²) < 4.78 is 31.3. The van der Waals surface area contributed by atoms with E-state index in [0.29, 0.717) is 6.42 Å². The highest BCUT2D eigenvalue weighted by atomic mass is 32.3. The largest absolute Gasteiger partial charge is 0.397 e. The van der Waals surface area contributed by atoms with E-state index in [2.05, 4.69) is 16.5 Å². The summed E-state index contributed by atoms with van der Waals surface area (Å²) in [4.78, 5) is 9.47. The summed E-state index contributed by atoms with van der Waals surface area (Å²) in [7, 11) is -4.19. The van der Waals surface area contributed by atoms with Crippen LogP contribution >= 0.6 is 0 Å². The lowest BCUT2D eigenvalue weighted by molar-refractivity contribution is -0.113. The number of primary amides is 1. The molecule has 0 spiro atoms. The Labute approximate surface area is 77.3 Å². The normalized spacial score (nSPS) is 9.69. The van der Waals surface area contributed by atoms with Crippen molar-refractivity contribution in [2.24, 2.45) is 5.73 Å². The average molecular weight is 211 g/mol. The molecule has 0 aliphatic heterocycles. The summed E-state index contributed by atoms with van der Waals surface area (Å²) in [6, 6.07) is 0. The minimum atomic E-state index is -4.19. The van der Waals surface area contributed by atoms with Gasteiger partial charge in [-0.1, -0.05) is 13.5 Å². The van der Waals surface area contributed by atoms with Crippen molar-refractivity contribution in [2.75, 3.05) is 6.61 Å². The van der Waals surface area contributed by atoms with Crippen molar-refractivity contribution in [3.8, 4) is 0 Å². The molecule has 0 aromatic carbocycles. The third-order valence-corrected chi connectivity index (χ3v) is 1.10. The molecule has 0 rings (SSSR count). The lowest BCUT2D eigenvalue weighted by Crippen LogP contribution is -2.04. The number of carbonyl (C=O) groups is 1. The molecule has 0 aromatic heterocycles. The van der Waals surface area contributed by atoms with Gasteiger partial charge in [-0.2, -0.15) is 8.42 Å². The first-order valence-corrected chi connectivity index (χ1v) is 4.73. The fourth-order valence-corrected chi connectivity index (χ4v) is 0.566. The monoisotopic (exact) mass is 211 g/mol. The van der Waals surface area contributed by atoms with Gasteiger partial charge in [0.25, 0.3) is 0 Å². The zero-order valence-electron chi connectivity index (χ0n) is 7.26. The van der Waals surface area contributed by atoms with E-state index >= 15 is 0 Å². The first-order valence-electron chi connectivity index (χ1n) is 3.37. The Morgan fingerprint density at radius 3 is 2.15 bits per heavy atom. The van der Waals surface area contributed by atoms with Gasteiger partial charge < -0.3 is 5.73 Å². The Bertz CT molecular complexity index is 246. The van der Waals surface area contributed by atoms with Crippen molar-refractivity contribution in [1.29, 1.82) is 0 Å². The van der Waals surface area contributed by atoms with Crippen LogP contribution in [-0.2, 0) is 19.4 Å². The minimum absolute atomic E-state index is 0.0405. The highest BCUT2D eigenvalue weighted by molar-refractivity contribution is 7.80. The molecule has 6 nitrogen and oxygen atoms in total. The van der Waals surface area contributed by atoms with Gasteiger partial charge in [0.1, 0.15) is 0 Å². The highest BCUT2D eigenvalue weighted by Gasteiger charge is 1.99. The Kier molecular flexibility index (Phi) is 8.66. The maximum absolute atomic E-state index is 9.72. The molecule has 0 saturated heterocycles. The van der Waals surface area contributed by atoms with Crippen LogP contribution in [0, 0.1) is 0 Å². The highest BCUT2D eigenvalue weighted by Crippen LogP contribution is 1.86. The number of nitrogens with two attached hydrogens (primary N) is 1. The van der Waals surface area contributed by atoms with Gasteiger partial charge in [0.15, 0.2) is 0 Å². The molecule has 0 fully saturated rings. The molecule has 1 amide bonds. The maximum atomic E-state index is 9.72. The van der Waals surface area contributed by atoms with Crippen LogP contribution in [-0.4, -0.2) is 25.5 Å². The van der Waals surface area contributed by atoms with Gasteiger partial charge in [-0.3, -0.25) is 9.35 Å². The summed E-state index contributed by atoms with van der Waals surface area (Å²) in [5, 5.41) is 0. The van der Waals surface area contributed by atoms with Gasteiger partial charge in [0.05, 0.1) is 6.61 Å². The molecule has 0 aromatic rings. The number of amides is 1. The Hall–Kier alpha value is -0.920. The van der Waals surface area contributed by atoms with Gasteiger partial charge in [0.2, 0.25) is 5.91 Å². The van der Waals surface area contributed by atoms with Crippen molar-refractivity contribution >= 4 is 16.3 Å². The molecule has 0 radical (unpaired) electrons. The second-order valence-corrected chi connectivity index (χ2v) is 2.95. The van der Waals surface area contributed by atoms with Crippen LogP contribution in [0.3, 0.4) is 0 Å². The maximum Gasteiger partial charge on any atom is 0.397 e. The van der Waals surface area contributed by atoms with Crippen LogP contribution < -0.4 is 5.73 Å². The van der Waals surface area contributed by atoms with Crippen molar-refractivity contribution in [3.63, 3.8) is 0 Å². The van der Waals surface area contributed by atoms with Crippen molar-refractivity contribution in [3.05, 3.63) is 12.7 Å². The van der Waals surface area contributed by atoms with Gasteiger partial charge in [-0.05, 0) is 12.5 Å². The quantitative estimate of drug-likeness (QED) is 0.497. The number of carbonyl (C=O) groups excluding carboxylic acids is 1. The molecule has 3 N–H and O–H groups in total. The van der Waals surface area contributed by atoms with Crippen molar-refractivity contribution in [2.45, 2.75) is 13.3 Å². The fraction of sp³-hybridized carbons (Fsp3) is 0.500. The molecular formula is C6H13NO5S. The molecule has 78 valence electrons. The molecule has 0 saturated carbocycles. The predicted octanol–water partition coefficient (Wildman–Crippen LogP) is -0.126. The minimum Gasteiger partial charge on any atom is -0.366 e. The summed E-state index contributed by atoms with van der Waals surface area (Å²) in [5.74, 6) is -0.481. The topological polar surface area (TPSA) is 107 Å². The molecule has 0 bridgehead atoms. The van der Waals surface area contributed by atoms with Crippen LogP contribution in [0.25, 0.3) is 0 Å². The van der Waals surface area contributed by atoms with E-state index in [9.17, 15) is 13.2 Å². The Morgan fingerprint density at radius 2 is 2.08 bits per heavy atom. The van der Waals surface area contributed by atoms with Gasteiger partial charge in [-0.15, -0.1) is 0 Å². The molecule has 0 aliphatic rings. The number of rotatable bonds is 4. The van der Waals surface area contributed by atoms with Gasteiger partial charge in [-0.25, -0.2) is 4.18 Å². The van der Waals surface area contributed by atoms with Crippen LogP contribution in [0.15, 0.2) is 12.7 Å². The van der Waals surface area contributed by atoms with Crippen LogP contribution in [0.5, 0.6) is 0 Å². The first-order chi connectivity index (χ1) is 5.83. The smallest absolute Gasteiger partial charge is 0.366 e. The fourth-order valence-electron chi connectivity index (χ4n) is 0.189. The van der Waals surface area contributed by atoms with Crippen molar-refractivity contribution in [1.82, 2.24) is 0 Å². The summed E-state index contributed by atoms with van der Waals surface area (Å²) in [6.45, 7) is 4.87. The SMILES string of the molecule is C=CC(N)=O.CCCOS(=O)(=O)O. The Morgan fingerprint density at radius 1 is 1.69 bits per heavy atom. The van der Waals surface area contributed by atoms with E-state index in [1.807, 2.05) is 0 Å². The van der Waals surface area contributed by atoms with E-state index in [0.717, 1.165) is 6.08 Å². The third-order valence-electron chi connectivity index (χ3n) is 0.638. The Balaban J connectivity index is 0. The van der Waals surface area contributed by atoms with Crippen LogP contribution in [0.2, 0.25) is 0 Å². The summed E-state index contributed by atoms with van der Waals surface area (Å²) in [6.07, 6.45) is 1.62. The second-order valence-electron chi connectivity index (χ2n) is 1.86. The van der Waals surface area contributed by atoms with Crippen LogP contribution in [0.4, 0.5) is 0 Å². The van der Waals surface area contributed by atoms with E-state index in [1.54, 1.807) is 6.92 Å². The molecule has 13 heavy (non-hydrogen) atoms. The van der Waals surface area contributed by atoms with Crippen molar-refractivity contribution < 1.29 is 21.9 Å². The molecule has 7 heteroatoms. The third kappa shape index (κ3) is 24.7. The zero-order chi connectivity index (χ0) is 10.9. The standard InChI is InChI=1S/C3H5NO.C3H8O4S/c1-2-3(4)5;1-2-3-7-8(4,5)6/h2H,1H2,(H2,4,5);2-3H2,1H3,(H,4,5,6). The van der Waals surface area contributed by atoms with Crippen LogP contribution in [0.1, 0.15) is 13.3 Å². The first kappa shape index (κ1) is 14.6. The lowest BCUT2D eigenvalue weighted by atomic mass is 10.5. The van der Waals surface area contributed by atoms with E-state index in [1.165, 1.54) is 0 Å². The number of hydrogen-bond donors (Lipinski definition) is 2. The molecule has 0 atom stereocenters. The summed E-state index contributed by atoms with van der Waals surface area (Å²) >= 11 is 0. The van der Waals surface area contributed by atoms with E-state index in [-0.39, 0.29) is 6.61 Å². The molecular weight excluding hydrogens is 198 g/mol. The molecule has 0 unspecified atom stereocenters. The second kappa shape index (κ2) is 7.71. The zero-order valence-corrected chi connectivity index (χ0v) is 8.08. The summed E-state index contributed by atoms with van der Waals surface area (Å²) in [5.41, 5.74) is 4.53.